The SMILES string of the molecule is Cc1cccc(-c2cc3ncccc3[nH]2)c1. The van der Waals surface area contributed by atoms with Crippen molar-refractivity contribution >= 4 is 11.0 Å². The second-order valence-electron chi connectivity index (χ2n) is 3.99. The maximum atomic E-state index is 4.32. The molecule has 0 bridgehead atoms. The van der Waals surface area contributed by atoms with Gasteiger partial charge in [-0.25, -0.2) is 0 Å². The molecule has 0 atom stereocenters. The predicted octanol–water partition coefficient (Wildman–Crippen LogP) is 3.54. The number of aryl methyl sites for hydroxylation is 1. The lowest BCUT2D eigenvalue weighted by atomic mass is 10.1. The molecule has 2 heterocycles. The summed E-state index contributed by atoms with van der Waals surface area (Å²) in [6, 6.07) is 14.5. The van der Waals surface area contributed by atoms with Gasteiger partial charge in [-0.05, 0) is 36.8 Å². The van der Waals surface area contributed by atoms with E-state index >= 15 is 0 Å². The highest BCUT2D eigenvalue weighted by molar-refractivity contribution is 5.82. The van der Waals surface area contributed by atoms with E-state index in [0.29, 0.717) is 0 Å². The number of hydrogen-bond acceptors (Lipinski definition) is 1. The standard InChI is InChI=1S/C14H12N2/c1-10-4-2-5-11(8-10)13-9-14-12(16-13)6-3-7-15-14/h2-9,16H,1H3. The fourth-order valence-electron chi connectivity index (χ4n) is 1.92. The molecule has 0 unspecified atom stereocenters. The Bertz CT molecular complexity index is 605. The summed E-state index contributed by atoms with van der Waals surface area (Å²) >= 11 is 0. The Labute approximate surface area is 94.0 Å². The third-order valence-corrected chi connectivity index (χ3v) is 2.72. The van der Waals surface area contributed by atoms with Crippen molar-refractivity contribution in [2.45, 2.75) is 6.92 Å². The van der Waals surface area contributed by atoms with Gasteiger partial charge in [0.25, 0.3) is 0 Å². The first kappa shape index (κ1) is 9.16. The van der Waals surface area contributed by atoms with Crippen LogP contribution in [0.5, 0.6) is 0 Å². The number of rotatable bonds is 1. The summed E-state index contributed by atoms with van der Waals surface area (Å²) in [5, 5.41) is 0. The summed E-state index contributed by atoms with van der Waals surface area (Å²) in [6.07, 6.45) is 1.82. The smallest absolute Gasteiger partial charge is 0.0885 e. The number of aromatic amines is 1. The minimum absolute atomic E-state index is 1.01. The van der Waals surface area contributed by atoms with Gasteiger partial charge in [0.1, 0.15) is 0 Å². The molecule has 0 radical (unpaired) electrons. The number of hydrogen-bond donors (Lipinski definition) is 1. The number of benzene rings is 1. The van der Waals surface area contributed by atoms with Crippen molar-refractivity contribution in [1.29, 1.82) is 0 Å². The van der Waals surface area contributed by atoms with Crippen LogP contribution in [0.15, 0.2) is 48.7 Å². The normalized spacial score (nSPS) is 10.8. The zero-order valence-corrected chi connectivity index (χ0v) is 9.07. The first-order valence-corrected chi connectivity index (χ1v) is 5.34. The maximum absolute atomic E-state index is 4.32. The molecule has 0 fully saturated rings. The highest BCUT2D eigenvalue weighted by Crippen LogP contribution is 2.23. The van der Waals surface area contributed by atoms with Gasteiger partial charge < -0.3 is 4.98 Å². The number of aromatic nitrogens is 2. The molecule has 16 heavy (non-hydrogen) atoms. The minimum Gasteiger partial charge on any atom is -0.353 e. The van der Waals surface area contributed by atoms with Crippen LogP contribution in [0.3, 0.4) is 0 Å². The molecule has 2 heteroatoms. The molecule has 3 rings (SSSR count). The van der Waals surface area contributed by atoms with Crippen molar-refractivity contribution in [2.75, 3.05) is 0 Å². The third-order valence-electron chi connectivity index (χ3n) is 2.72. The number of nitrogens with one attached hydrogen (secondary N) is 1. The monoisotopic (exact) mass is 208 g/mol. The van der Waals surface area contributed by atoms with Crippen LogP contribution in [0, 0.1) is 6.92 Å². The summed E-state index contributed by atoms with van der Waals surface area (Å²) < 4.78 is 0. The lowest BCUT2D eigenvalue weighted by Crippen LogP contribution is -1.78. The van der Waals surface area contributed by atoms with Gasteiger partial charge in [0, 0.05) is 11.9 Å². The summed E-state index contributed by atoms with van der Waals surface area (Å²) in [5.74, 6) is 0. The Balaban J connectivity index is 2.19. The Morgan fingerprint density at radius 3 is 2.81 bits per heavy atom. The van der Waals surface area contributed by atoms with Crippen LogP contribution in [0.2, 0.25) is 0 Å². The topological polar surface area (TPSA) is 28.7 Å². The van der Waals surface area contributed by atoms with Crippen LogP contribution >= 0.6 is 0 Å². The van der Waals surface area contributed by atoms with E-state index in [-0.39, 0.29) is 0 Å². The number of pyridine rings is 1. The number of H-pyrrole nitrogens is 1. The van der Waals surface area contributed by atoms with E-state index < -0.39 is 0 Å². The van der Waals surface area contributed by atoms with Gasteiger partial charge in [-0.2, -0.15) is 0 Å². The highest BCUT2D eigenvalue weighted by Gasteiger charge is 2.03. The van der Waals surface area contributed by atoms with Crippen LogP contribution in [-0.2, 0) is 0 Å². The van der Waals surface area contributed by atoms with E-state index in [1.807, 2.05) is 18.3 Å². The molecular weight excluding hydrogens is 196 g/mol. The average Bonchev–Trinajstić information content (AvgIpc) is 2.72. The van der Waals surface area contributed by atoms with Crippen molar-refractivity contribution in [1.82, 2.24) is 9.97 Å². The molecule has 0 amide bonds. The molecule has 0 spiro atoms. The Morgan fingerprint density at radius 2 is 2.00 bits per heavy atom. The quantitative estimate of drug-likeness (QED) is 0.651. The van der Waals surface area contributed by atoms with Crippen molar-refractivity contribution in [3.05, 3.63) is 54.2 Å². The van der Waals surface area contributed by atoms with Gasteiger partial charge in [-0.15, -0.1) is 0 Å². The van der Waals surface area contributed by atoms with Gasteiger partial charge >= 0.3 is 0 Å². The van der Waals surface area contributed by atoms with Gasteiger partial charge in [-0.1, -0.05) is 23.8 Å². The van der Waals surface area contributed by atoms with E-state index in [1.54, 1.807) is 0 Å². The van der Waals surface area contributed by atoms with Crippen molar-refractivity contribution in [3.63, 3.8) is 0 Å². The lowest BCUT2D eigenvalue weighted by molar-refractivity contribution is 1.40. The molecule has 3 aromatic rings. The second-order valence-corrected chi connectivity index (χ2v) is 3.99. The van der Waals surface area contributed by atoms with E-state index in [0.717, 1.165) is 16.7 Å². The molecule has 0 saturated heterocycles. The van der Waals surface area contributed by atoms with Gasteiger partial charge in [-0.3, -0.25) is 4.98 Å². The van der Waals surface area contributed by atoms with Crippen LogP contribution in [0.25, 0.3) is 22.3 Å². The molecule has 2 aromatic heterocycles. The largest absolute Gasteiger partial charge is 0.353 e. The fourth-order valence-corrected chi connectivity index (χ4v) is 1.92. The zero-order valence-electron chi connectivity index (χ0n) is 9.07. The van der Waals surface area contributed by atoms with Crippen LogP contribution < -0.4 is 0 Å². The molecule has 1 N–H and O–H groups in total. The molecule has 1 aromatic carbocycles. The Morgan fingerprint density at radius 1 is 1.06 bits per heavy atom. The first-order valence-electron chi connectivity index (χ1n) is 5.34. The molecule has 0 saturated carbocycles. The van der Waals surface area contributed by atoms with Crippen molar-refractivity contribution < 1.29 is 0 Å². The average molecular weight is 208 g/mol. The van der Waals surface area contributed by atoms with Crippen LogP contribution in [-0.4, -0.2) is 9.97 Å². The number of fused-ring (bicyclic) bond motifs is 1. The molecule has 0 aliphatic carbocycles. The second kappa shape index (κ2) is 3.49. The summed E-state index contributed by atoms with van der Waals surface area (Å²) in [4.78, 5) is 7.70. The molecule has 2 nitrogen and oxygen atoms in total. The van der Waals surface area contributed by atoms with E-state index in [1.165, 1.54) is 11.1 Å². The number of nitrogens with zero attached hydrogens (tertiary/aromatic N) is 1. The Kier molecular flexibility index (Phi) is 2.00. The van der Waals surface area contributed by atoms with E-state index in [4.69, 9.17) is 0 Å². The summed E-state index contributed by atoms with van der Waals surface area (Å²) in [7, 11) is 0. The van der Waals surface area contributed by atoms with Crippen LogP contribution in [0.1, 0.15) is 5.56 Å². The van der Waals surface area contributed by atoms with E-state index in [2.05, 4.69) is 47.2 Å². The molecule has 0 aliphatic heterocycles. The predicted molar refractivity (Wildman–Crippen MR) is 66.3 cm³/mol. The Hall–Kier alpha value is -2.09. The molecule has 0 aliphatic rings. The van der Waals surface area contributed by atoms with Gasteiger partial charge in [0.15, 0.2) is 0 Å². The first-order chi connectivity index (χ1) is 7.83. The lowest BCUT2D eigenvalue weighted by Gasteiger charge is -1.98. The van der Waals surface area contributed by atoms with Crippen molar-refractivity contribution in [2.24, 2.45) is 0 Å². The summed E-state index contributed by atoms with van der Waals surface area (Å²) in [6.45, 7) is 2.10. The zero-order chi connectivity index (χ0) is 11.0. The van der Waals surface area contributed by atoms with Gasteiger partial charge in [0.2, 0.25) is 0 Å². The summed E-state index contributed by atoms with van der Waals surface area (Å²) in [5.41, 5.74) is 5.69. The van der Waals surface area contributed by atoms with Gasteiger partial charge in [0.05, 0.1) is 11.0 Å². The van der Waals surface area contributed by atoms with Crippen molar-refractivity contribution in [3.8, 4) is 11.3 Å². The third kappa shape index (κ3) is 1.48. The molecule has 78 valence electrons. The molecular formula is C14H12N2. The van der Waals surface area contributed by atoms with Crippen LogP contribution in [0.4, 0.5) is 0 Å². The fraction of sp³-hybridized carbons (Fsp3) is 0.0714. The van der Waals surface area contributed by atoms with E-state index in [9.17, 15) is 0 Å². The maximum Gasteiger partial charge on any atom is 0.0885 e. The minimum atomic E-state index is 1.01. The highest BCUT2D eigenvalue weighted by atomic mass is 14.8.